The summed E-state index contributed by atoms with van der Waals surface area (Å²) in [4.78, 5) is 26.6. The largest absolute Gasteiger partial charge is 0.497 e. The molecule has 2 amide bonds. The van der Waals surface area contributed by atoms with Crippen LogP contribution in [-0.4, -0.2) is 63.7 Å². The number of halogens is 1. The lowest BCUT2D eigenvalue weighted by Crippen LogP contribution is -2.40. The topological polar surface area (TPSA) is 109 Å². The van der Waals surface area contributed by atoms with Crippen LogP contribution in [0, 0.1) is 5.82 Å². The third-order valence-electron chi connectivity index (χ3n) is 6.24. The van der Waals surface area contributed by atoms with Crippen molar-refractivity contribution in [1.29, 1.82) is 0 Å². The molecule has 1 heterocycles. The van der Waals surface area contributed by atoms with Crippen LogP contribution in [0.5, 0.6) is 5.75 Å². The number of benzene rings is 2. The third-order valence-corrected chi connectivity index (χ3v) is 6.24. The predicted octanol–water partition coefficient (Wildman–Crippen LogP) is 4.69. The molecule has 0 unspecified atom stereocenters. The highest BCUT2D eigenvalue weighted by Crippen LogP contribution is 2.34. The van der Waals surface area contributed by atoms with Gasteiger partial charge in [0.05, 0.1) is 37.2 Å². The second kappa shape index (κ2) is 13.1. The Labute approximate surface area is 210 Å². The molecule has 2 aromatic rings. The van der Waals surface area contributed by atoms with E-state index in [9.17, 15) is 19.1 Å². The van der Waals surface area contributed by atoms with Gasteiger partial charge in [-0.1, -0.05) is 6.07 Å². The number of hydrogen-bond acceptors (Lipinski definition) is 6. The number of carbonyl (C=O) groups excluding carboxylic acids is 1. The molecule has 1 aliphatic heterocycles. The maximum absolute atomic E-state index is 14.4. The summed E-state index contributed by atoms with van der Waals surface area (Å²) in [6, 6.07) is 9.30. The van der Waals surface area contributed by atoms with Gasteiger partial charge in [0.15, 0.2) is 0 Å². The number of anilines is 3. The summed E-state index contributed by atoms with van der Waals surface area (Å²) in [6.07, 6.45) is 1.58. The number of methoxy groups -OCH3 is 2. The van der Waals surface area contributed by atoms with Crippen molar-refractivity contribution >= 4 is 29.1 Å². The minimum Gasteiger partial charge on any atom is -0.497 e. The summed E-state index contributed by atoms with van der Waals surface area (Å²) < 4.78 is 30.2. The van der Waals surface area contributed by atoms with Gasteiger partial charge in [0.1, 0.15) is 11.6 Å². The highest BCUT2D eigenvalue weighted by Gasteiger charge is 2.25. The van der Waals surface area contributed by atoms with E-state index in [0.717, 1.165) is 24.1 Å². The fourth-order valence-electron chi connectivity index (χ4n) is 4.47. The molecule has 9 nitrogen and oxygen atoms in total. The van der Waals surface area contributed by atoms with Crippen LogP contribution >= 0.6 is 0 Å². The van der Waals surface area contributed by atoms with Gasteiger partial charge in [-0.25, -0.2) is 9.18 Å². The summed E-state index contributed by atoms with van der Waals surface area (Å²) in [6.45, 7) is 4.27. The molecule has 196 valence electrons. The van der Waals surface area contributed by atoms with Crippen molar-refractivity contribution in [2.45, 2.75) is 38.1 Å². The van der Waals surface area contributed by atoms with Crippen molar-refractivity contribution in [3.63, 3.8) is 0 Å². The Hall–Kier alpha value is -3.37. The highest BCUT2D eigenvalue weighted by atomic mass is 19.1. The zero-order chi connectivity index (χ0) is 26.1. The zero-order valence-corrected chi connectivity index (χ0v) is 20.9. The van der Waals surface area contributed by atoms with Gasteiger partial charge in [-0.05, 0) is 49.6 Å². The molecule has 1 saturated heterocycles. The molecule has 0 aromatic heterocycles. The Balaban J connectivity index is 1.93. The number of hydrogen-bond donors (Lipinski definition) is 3. The summed E-state index contributed by atoms with van der Waals surface area (Å²) in [5.41, 5.74) is 2.02. The lowest BCUT2D eigenvalue weighted by atomic mass is 9.95. The fraction of sp³-hybridized carbons (Fsp3) is 0.462. The molecular weight excluding hydrogens is 469 g/mol. The van der Waals surface area contributed by atoms with Gasteiger partial charge in [-0.3, -0.25) is 4.79 Å². The van der Waals surface area contributed by atoms with Crippen LogP contribution in [0.15, 0.2) is 36.4 Å². The number of nitrogens with one attached hydrogen (secondary N) is 2. The quantitative estimate of drug-likeness (QED) is 0.408. The number of carboxylic acid groups (broad SMARTS) is 1. The smallest absolute Gasteiger partial charge is 0.323 e. The van der Waals surface area contributed by atoms with E-state index in [0.29, 0.717) is 31.2 Å². The van der Waals surface area contributed by atoms with Crippen LogP contribution in [0.4, 0.5) is 26.2 Å². The molecule has 0 bridgehead atoms. The van der Waals surface area contributed by atoms with Crippen molar-refractivity contribution in [3.8, 4) is 5.75 Å². The standard InChI is InChI=1S/C26H34FN3O6/c1-4-30(19-9-11-36-12-10-19)24-8-5-17(18(16-34-2)14-25(31)32)13-23(24)29-26(33)28-22-7-6-20(35-3)15-21(22)27/h5-8,13,15,18-19H,4,9-12,14,16H2,1-3H3,(H,31,32)(H2,28,29,33)/t18-/m0/s1. The van der Waals surface area contributed by atoms with E-state index in [1.165, 1.54) is 26.4 Å². The molecule has 1 aliphatic rings. The Morgan fingerprint density at radius 1 is 1.14 bits per heavy atom. The average Bonchev–Trinajstić information content (AvgIpc) is 2.86. The SMILES string of the molecule is CCN(c1ccc([C@H](COC)CC(=O)O)cc1NC(=O)Nc1ccc(OC)cc1F)C1CCOCC1. The average molecular weight is 504 g/mol. The normalized spacial score (nSPS) is 14.7. The van der Waals surface area contributed by atoms with Gasteiger partial charge in [0.25, 0.3) is 0 Å². The van der Waals surface area contributed by atoms with Crippen LogP contribution in [0.1, 0.15) is 37.7 Å². The number of aliphatic carboxylic acids is 1. The first-order valence-corrected chi connectivity index (χ1v) is 12.0. The Kier molecular flexibility index (Phi) is 9.89. The Morgan fingerprint density at radius 2 is 1.86 bits per heavy atom. The second-order valence-electron chi connectivity index (χ2n) is 8.58. The van der Waals surface area contributed by atoms with E-state index < -0.39 is 23.7 Å². The molecule has 2 aromatic carbocycles. The van der Waals surface area contributed by atoms with Gasteiger partial charge in [-0.2, -0.15) is 0 Å². The minimum absolute atomic E-state index is 0.00548. The maximum atomic E-state index is 14.4. The number of nitrogens with zero attached hydrogens (tertiary/aromatic N) is 1. The lowest BCUT2D eigenvalue weighted by Gasteiger charge is -2.36. The Bertz CT molecular complexity index is 1040. The van der Waals surface area contributed by atoms with Crippen molar-refractivity contribution in [3.05, 3.63) is 47.8 Å². The second-order valence-corrected chi connectivity index (χ2v) is 8.58. The van der Waals surface area contributed by atoms with Crippen LogP contribution < -0.4 is 20.3 Å². The minimum atomic E-state index is -0.944. The summed E-state index contributed by atoms with van der Waals surface area (Å²) >= 11 is 0. The number of ether oxygens (including phenoxy) is 3. The molecule has 1 atom stereocenters. The van der Waals surface area contributed by atoms with Gasteiger partial charge in [0.2, 0.25) is 0 Å². The molecule has 10 heteroatoms. The zero-order valence-electron chi connectivity index (χ0n) is 20.9. The first-order chi connectivity index (χ1) is 17.4. The van der Waals surface area contributed by atoms with Gasteiger partial charge >= 0.3 is 12.0 Å². The third kappa shape index (κ3) is 7.08. The molecule has 3 rings (SSSR count). The van der Waals surface area contributed by atoms with Crippen LogP contribution in [0.3, 0.4) is 0 Å². The first-order valence-electron chi connectivity index (χ1n) is 12.0. The molecule has 3 N–H and O–H groups in total. The molecular formula is C26H34FN3O6. The van der Waals surface area contributed by atoms with Gasteiger partial charge < -0.3 is 34.9 Å². The fourth-order valence-corrected chi connectivity index (χ4v) is 4.47. The van der Waals surface area contributed by atoms with Gasteiger partial charge in [0, 0.05) is 44.9 Å². The monoisotopic (exact) mass is 503 g/mol. The van der Waals surface area contributed by atoms with E-state index in [1.54, 1.807) is 12.1 Å². The molecule has 1 fully saturated rings. The summed E-state index contributed by atoms with van der Waals surface area (Å²) in [5.74, 6) is -1.63. The van der Waals surface area contributed by atoms with E-state index in [2.05, 4.69) is 15.5 Å². The molecule has 0 spiro atoms. The molecule has 0 radical (unpaired) electrons. The van der Waals surface area contributed by atoms with Gasteiger partial charge in [-0.15, -0.1) is 0 Å². The maximum Gasteiger partial charge on any atom is 0.323 e. The first kappa shape index (κ1) is 27.2. The molecule has 36 heavy (non-hydrogen) atoms. The van der Waals surface area contributed by atoms with Crippen LogP contribution in [0.25, 0.3) is 0 Å². The number of carboxylic acids is 1. The van der Waals surface area contributed by atoms with E-state index >= 15 is 0 Å². The predicted molar refractivity (Wildman–Crippen MR) is 136 cm³/mol. The molecule has 0 saturated carbocycles. The number of urea groups is 1. The number of rotatable bonds is 11. The van der Waals surface area contributed by atoms with E-state index in [1.807, 2.05) is 19.1 Å². The number of carbonyl (C=O) groups is 2. The molecule has 0 aliphatic carbocycles. The summed E-state index contributed by atoms with van der Waals surface area (Å²) in [7, 11) is 2.95. The van der Waals surface area contributed by atoms with Crippen LogP contribution in [0.2, 0.25) is 0 Å². The number of amides is 2. The van der Waals surface area contributed by atoms with Crippen molar-refractivity contribution in [1.82, 2.24) is 0 Å². The van der Waals surface area contributed by atoms with Crippen molar-refractivity contribution in [2.24, 2.45) is 0 Å². The highest BCUT2D eigenvalue weighted by molar-refractivity contribution is 6.02. The van der Waals surface area contributed by atoms with Crippen molar-refractivity contribution < 1.29 is 33.3 Å². The van der Waals surface area contributed by atoms with E-state index in [4.69, 9.17) is 14.2 Å². The summed E-state index contributed by atoms with van der Waals surface area (Å²) in [5, 5.41) is 14.8. The Morgan fingerprint density at radius 3 is 2.47 bits per heavy atom. The lowest BCUT2D eigenvalue weighted by molar-refractivity contribution is -0.137. The van der Waals surface area contributed by atoms with Crippen molar-refractivity contribution in [2.75, 3.05) is 56.1 Å². The van der Waals surface area contributed by atoms with Crippen LogP contribution in [-0.2, 0) is 14.3 Å². The van der Waals surface area contributed by atoms with E-state index in [-0.39, 0.29) is 24.8 Å².